The van der Waals surface area contributed by atoms with Gasteiger partial charge in [-0.15, -0.1) is 5.10 Å². The minimum absolute atomic E-state index is 0.0742. The Balaban J connectivity index is 0.000000339. The molecular formula is C20H22F3N5O3. The Hall–Kier alpha value is -3.21. The van der Waals surface area contributed by atoms with Gasteiger partial charge in [-0.25, -0.2) is 9.48 Å². The van der Waals surface area contributed by atoms with Gasteiger partial charge in [0.25, 0.3) is 5.56 Å². The van der Waals surface area contributed by atoms with E-state index in [-0.39, 0.29) is 5.56 Å². The fourth-order valence-corrected chi connectivity index (χ4v) is 3.36. The molecule has 0 atom stereocenters. The molecule has 31 heavy (non-hydrogen) atoms. The average Bonchev–Trinajstić information content (AvgIpc) is 3.38. The molecule has 0 saturated heterocycles. The third-order valence-electron chi connectivity index (χ3n) is 4.92. The van der Waals surface area contributed by atoms with E-state index < -0.39 is 12.1 Å². The molecule has 2 heterocycles. The SMILES string of the molecule is O=C(O)C(F)(F)F.O=c1[nH]c2ccccc2cc1Cn1cc(CNC2CCCC2)nn1. The van der Waals surface area contributed by atoms with Gasteiger partial charge in [-0.3, -0.25) is 4.79 Å². The van der Waals surface area contributed by atoms with Gasteiger partial charge < -0.3 is 15.4 Å². The van der Waals surface area contributed by atoms with Crippen molar-refractivity contribution in [2.24, 2.45) is 0 Å². The Kier molecular flexibility index (Phi) is 7.06. The zero-order valence-electron chi connectivity index (χ0n) is 16.5. The number of nitrogens with one attached hydrogen (secondary N) is 2. The number of carboxylic acid groups (broad SMARTS) is 1. The standard InChI is InChI=1S/C18H21N5O.C2HF3O2/c24-18-14(9-13-5-1-4-8-17(13)20-18)11-23-12-16(21-22-23)10-19-15-6-2-3-7-15;3-2(4,5)1(6)7/h1,4-5,8-9,12,15,19H,2-3,6-7,10-11H2,(H,20,24);(H,6,7). The summed E-state index contributed by atoms with van der Waals surface area (Å²) < 4.78 is 33.5. The van der Waals surface area contributed by atoms with Gasteiger partial charge in [0.2, 0.25) is 0 Å². The van der Waals surface area contributed by atoms with Gasteiger partial charge in [-0.2, -0.15) is 13.2 Å². The lowest BCUT2D eigenvalue weighted by atomic mass is 10.1. The third-order valence-corrected chi connectivity index (χ3v) is 4.92. The van der Waals surface area contributed by atoms with Crippen molar-refractivity contribution in [2.45, 2.75) is 51.0 Å². The molecule has 0 radical (unpaired) electrons. The maximum atomic E-state index is 12.2. The van der Waals surface area contributed by atoms with Crippen molar-refractivity contribution in [3.63, 3.8) is 0 Å². The summed E-state index contributed by atoms with van der Waals surface area (Å²) in [6.07, 6.45) is 1.96. The summed E-state index contributed by atoms with van der Waals surface area (Å²) in [4.78, 5) is 24.0. The number of benzene rings is 1. The van der Waals surface area contributed by atoms with Crippen molar-refractivity contribution in [3.05, 3.63) is 58.1 Å². The van der Waals surface area contributed by atoms with E-state index in [4.69, 9.17) is 9.90 Å². The highest BCUT2D eigenvalue weighted by molar-refractivity contribution is 5.78. The predicted octanol–water partition coefficient (Wildman–Crippen LogP) is 2.83. The van der Waals surface area contributed by atoms with Crippen LogP contribution in [-0.2, 0) is 17.9 Å². The van der Waals surface area contributed by atoms with Crippen LogP contribution in [0.1, 0.15) is 36.9 Å². The summed E-state index contributed by atoms with van der Waals surface area (Å²) >= 11 is 0. The predicted molar refractivity (Wildman–Crippen MR) is 106 cm³/mol. The largest absolute Gasteiger partial charge is 0.490 e. The van der Waals surface area contributed by atoms with Crippen LogP contribution in [-0.4, -0.2) is 43.3 Å². The second-order valence-corrected chi connectivity index (χ2v) is 7.28. The first kappa shape index (κ1) is 22.5. The number of aliphatic carboxylic acids is 1. The Morgan fingerprint density at radius 3 is 2.61 bits per heavy atom. The minimum atomic E-state index is -5.08. The molecule has 0 amide bonds. The van der Waals surface area contributed by atoms with Crippen molar-refractivity contribution in [1.29, 1.82) is 0 Å². The molecule has 1 fully saturated rings. The Morgan fingerprint density at radius 2 is 1.94 bits per heavy atom. The van der Waals surface area contributed by atoms with Crippen molar-refractivity contribution >= 4 is 16.9 Å². The summed E-state index contributed by atoms with van der Waals surface area (Å²) in [5.74, 6) is -2.76. The van der Waals surface area contributed by atoms with Crippen LogP contribution in [0, 0.1) is 0 Å². The van der Waals surface area contributed by atoms with Crippen molar-refractivity contribution < 1.29 is 23.1 Å². The molecule has 11 heteroatoms. The molecular weight excluding hydrogens is 415 g/mol. The first-order chi connectivity index (χ1) is 14.7. The first-order valence-electron chi connectivity index (χ1n) is 9.76. The highest BCUT2D eigenvalue weighted by atomic mass is 19.4. The number of rotatable bonds is 5. The smallest absolute Gasteiger partial charge is 0.475 e. The Bertz CT molecular complexity index is 1090. The van der Waals surface area contributed by atoms with E-state index in [1.165, 1.54) is 25.7 Å². The number of hydrogen-bond acceptors (Lipinski definition) is 5. The van der Waals surface area contributed by atoms with Crippen LogP contribution in [0.3, 0.4) is 0 Å². The lowest BCUT2D eigenvalue weighted by Gasteiger charge is -2.09. The molecule has 3 N–H and O–H groups in total. The Labute approximate surface area is 175 Å². The van der Waals surface area contributed by atoms with Crippen LogP contribution < -0.4 is 10.9 Å². The molecule has 8 nitrogen and oxygen atoms in total. The van der Waals surface area contributed by atoms with Gasteiger partial charge in [0.15, 0.2) is 0 Å². The van der Waals surface area contributed by atoms with Gasteiger partial charge in [0.05, 0.1) is 18.4 Å². The Morgan fingerprint density at radius 1 is 1.26 bits per heavy atom. The lowest BCUT2D eigenvalue weighted by molar-refractivity contribution is -0.192. The van der Waals surface area contributed by atoms with Gasteiger partial charge in [-0.05, 0) is 30.4 Å². The van der Waals surface area contributed by atoms with Crippen molar-refractivity contribution in [3.8, 4) is 0 Å². The molecule has 1 aliphatic rings. The number of nitrogens with zero attached hydrogens (tertiary/aromatic N) is 3. The monoisotopic (exact) mass is 437 g/mol. The molecule has 1 aliphatic carbocycles. The second kappa shape index (κ2) is 9.73. The highest BCUT2D eigenvalue weighted by Gasteiger charge is 2.38. The third kappa shape index (κ3) is 6.38. The van der Waals surface area contributed by atoms with E-state index in [0.717, 1.165) is 23.1 Å². The van der Waals surface area contributed by atoms with Gasteiger partial charge in [0.1, 0.15) is 0 Å². The number of fused-ring (bicyclic) bond motifs is 1. The van der Waals surface area contributed by atoms with Crippen LogP contribution in [0.4, 0.5) is 13.2 Å². The normalized spacial score (nSPS) is 14.4. The zero-order valence-corrected chi connectivity index (χ0v) is 16.5. The number of aromatic nitrogens is 4. The number of H-pyrrole nitrogens is 1. The molecule has 0 bridgehead atoms. The maximum absolute atomic E-state index is 12.2. The average molecular weight is 437 g/mol. The summed E-state index contributed by atoms with van der Waals surface area (Å²) in [6.45, 7) is 1.16. The highest BCUT2D eigenvalue weighted by Crippen LogP contribution is 2.18. The summed E-state index contributed by atoms with van der Waals surface area (Å²) in [6, 6.07) is 10.3. The fourth-order valence-electron chi connectivity index (χ4n) is 3.36. The molecule has 166 valence electrons. The topological polar surface area (TPSA) is 113 Å². The molecule has 0 spiro atoms. The number of hydrogen-bond donors (Lipinski definition) is 3. The van der Waals surface area contributed by atoms with Crippen molar-refractivity contribution in [1.82, 2.24) is 25.3 Å². The number of alkyl halides is 3. The van der Waals surface area contributed by atoms with Gasteiger partial charge in [-0.1, -0.05) is 36.3 Å². The van der Waals surface area contributed by atoms with E-state index in [1.54, 1.807) is 4.68 Å². The van der Waals surface area contributed by atoms with Gasteiger partial charge >= 0.3 is 12.1 Å². The number of pyridine rings is 1. The van der Waals surface area contributed by atoms with E-state index in [2.05, 4.69) is 20.6 Å². The summed E-state index contributed by atoms with van der Waals surface area (Å²) in [5, 5.41) is 20.0. The molecule has 3 aromatic rings. The van der Waals surface area contributed by atoms with Gasteiger partial charge in [0, 0.05) is 23.7 Å². The molecule has 0 aliphatic heterocycles. The number of aromatic amines is 1. The van der Waals surface area contributed by atoms with E-state index >= 15 is 0 Å². The molecule has 2 aromatic heterocycles. The molecule has 0 unspecified atom stereocenters. The number of carboxylic acids is 1. The molecule has 1 saturated carbocycles. The minimum Gasteiger partial charge on any atom is -0.475 e. The van der Waals surface area contributed by atoms with Crippen LogP contribution in [0.25, 0.3) is 10.9 Å². The second-order valence-electron chi connectivity index (χ2n) is 7.28. The number of para-hydroxylation sites is 1. The molecule has 4 rings (SSSR count). The van der Waals surface area contributed by atoms with Crippen LogP contribution in [0.15, 0.2) is 41.3 Å². The van der Waals surface area contributed by atoms with E-state index in [1.807, 2.05) is 36.5 Å². The maximum Gasteiger partial charge on any atom is 0.490 e. The molecule has 1 aromatic carbocycles. The number of halogens is 3. The quantitative estimate of drug-likeness (QED) is 0.566. The van der Waals surface area contributed by atoms with E-state index in [9.17, 15) is 18.0 Å². The zero-order chi connectivity index (χ0) is 22.4. The van der Waals surface area contributed by atoms with Crippen molar-refractivity contribution in [2.75, 3.05) is 0 Å². The van der Waals surface area contributed by atoms with Crippen LogP contribution in [0.5, 0.6) is 0 Å². The van der Waals surface area contributed by atoms with E-state index in [0.29, 0.717) is 18.2 Å². The van der Waals surface area contributed by atoms with Crippen LogP contribution >= 0.6 is 0 Å². The first-order valence-corrected chi connectivity index (χ1v) is 9.76. The lowest BCUT2D eigenvalue weighted by Crippen LogP contribution is -2.25. The summed E-state index contributed by atoms with van der Waals surface area (Å²) in [7, 11) is 0. The van der Waals surface area contributed by atoms with Crippen LogP contribution in [0.2, 0.25) is 0 Å². The number of carbonyl (C=O) groups is 1. The fraction of sp³-hybridized carbons (Fsp3) is 0.400. The summed E-state index contributed by atoms with van der Waals surface area (Å²) in [5.41, 5.74) is 2.38.